The number of piperidine rings is 1. The molecule has 1 fully saturated rings. The highest BCUT2D eigenvalue weighted by Crippen LogP contribution is 2.48. The summed E-state index contributed by atoms with van der Waals surface area (Å²) in [5.74, 6) is 1.07. The van der Waals surface area contributed by atoms with E-state index >= 15 is 0 Å². The monoisotopic (exact) mass is 395 g/mol. The lowest BCUT2D eigenvalue weighted by Crippen LogP contribution is -2.37. The molecule has 0 aliphatic carbocycles. The third-order valence-electron chi connectivity index (χ3n) is 5.45. The predicted octanol–water partition coefficient (Wildman–Crippen LogP) is 5.98. The normalized spacial score (nSPS) is 17.0. The van der Waals surface area contributed by atoms with Gasteiger partial charge in [0.2, 0.25) is 0 Å². The number of para-hydroxylation sites is 1. The van der Waals surface area contributed by atoms with Crippen LogP contribution in [0, 0.1) is 0 Å². The Kier molecular flexibility index (Phi) is 4.72. The van der Waals surface area contributed by atoms with Gasteiger partial charge in [-0.2, -0.15) is 0 Å². The molecule has 0 spiro atoms. The van der Waals surface area contributed by atoms with E-state index in [4.69, 9.17) is 16.6 Å². The summed E-state index contributed by atoms with van der Waals surface area (Å²) in [6.45, 7) is 4.45. The minimum absolute atomic E-state index is 0.787. The third-order valence-corrected chi connectivity index (χ3v) is 6.75. The highest BCUT2D eigenvalue weighted by atomic mass is 35.5. The van der Waals surface area contributed by atoms with Crippen LogP contribution in [0.2, 0.25) is 5.02 Å². The van der Waals surface area contributed by atoms with Crippen LogP contribution in [0.1, 0.15) is 19.3 Å². The van der Waals surface area contributed by atoms with Gasteiger partial charge in [-0.25, -0.2) is 4.98 Å². The van der Waals surface area contributed by atoms with Crippen LogP contribution in [-0.4, -0.2) is 36.1 Å². The Bertz CT molecular complexity index is 984. The molecule has 3 heterocycles. The second-order valence-corrected chi connectivity index (χ2v) is 8.79. The summed E-state index contributed by atoms with van der Waals surface area (Å²) >= 11 is 8.06. The van der Waals surface area contributed by atoms with Crippen LogP contribution < -0.4 is 4.90 Å². The molecule has 3 aromatic rings. The van der Waals surface area contributed by atoms with Crippen molar-refractivity contribution in [2.45, 2.75) is 29.1 Å². The summed E-state index contributed by atoms with van der Waals surface area (Å²) < 4.78 is 0. The van der Waals surface area contributed by atoms with E-state index in [1.165, 1.54) is 53.2 Å². The van der Waals surface area contributed by atoms with Crippen molar-refractivity contribution >= 4 is 45.8 Å². The summed E-state index contributed by atoms with van der Waals surface area (Å²) in [7, 11) is 0. The van der Waals surface area contributed by atoms with Crippen molar-refractivity contribution in [1.29, 1.82) is 0 Å². The van der Waals surface area contributed by atoms with Crippen molar-refractivity contribution in [3.8, 4) is 0 Å². The molecule has 0 N–H and O–H groups in total. The number of nitrogens with zero attached hydrogens (tertiary/aromatic N) is 3. The van der Waals surface area contributed by atoms with Crippen LogP contribution in [0.4, 0.5) is 11.5 Å². The first-order valence-electron chi connectivity index (χ1n) is 9.65. The number of hydrogen-bond donors (Lipinski definition) is 0. The molecule has 2 aliphatic heterocycles. The van der Waals surface area contributed by atoms with E-state index in [1.807, 2.05) is 6.07 Å². The predicted molar refractivity (Wildman–Crippen MR) is 115 cm³/mol. The molecular formula is C22H22ClN3S. The zero-order valence-corrected chi connectivity index (χ0v) is 16.8. The molecule has 0 radical (unpaired) electrons. The average molecular weight is 396 g/mol. The van der Waals surface area contributed by atoms with Crippen LogP contribution in [-0.2, 0) is 0 Å². The van der Waals surface area contributed by atoms with Crippen LogP contribution in [0.3, 0.4) is 0 Å². The van der Waals surface area contributed by atoms with Crippen molar-refractivity contribution < 1.29 is 0 Å². The minimum Gasteiger partial charge on any atom is -0.323 e. The third kappa shape index (κ3) is 3.42. The van der Waals surface area contributed by atoms with E-state index in [0.717, 1.165) is 29.4 Å². The van der Waals surface area contributed by atoms with Crippen molar-refractivity contribution in [2.24, 2.45) is 0 Å². The quantitative estimate of drug-likeness (QED) is 0.543. The van der Waals surface area contributed by atoms with Crippen LogP contribution in [0.15, 0.2) is 58.3 Å². The van der Waals surface area contributed by atoms with E-state index in [2.05, 4.69) is 52.3 Å². The highest BCUT2D eigenvalue weighted by Gasteiger charge is 2.26. The van der Waals surface area contributed by atoms with Crippen molar-refractivity contribution in [1.82, 2.24) is 9.88 Å². The van der Waals surface area contributed by atoms with Crippen LogP contribution >= 0.6 is 23.4 Å². The van der Waals surface area contributed by atoms with Gasteiger partial charge < -0.3 is 9.80 Å². The van der Waals surface area contributed by atoms with Gasteiger partial charge in [0, 0.05) is 28.4 Å². The minimum atomic E-state index is 0.787. The SMILES string of the molecule is Clc1ccc2c(c1)Sc1cc3ccccc3nc1N2CCN1CCCCC1. The number of halogens is 1. The fourth-order valence-electron chi connectivity index (χ4n) is 4.03. The lowest BCUT2D eigenvalue weighted by molar-refractivity contribution is 0.234. The first kappa shape index (κ1) is 17.4. The van der Waals surface area contributed by atoms with E-state index in [1.54, 1.807) is 11.8 Å². The maximum Gasteiger partial charge on any atom is 0.147 e. The molecule has 5 heteroatoms. The van der Waals surface area contributed by atoms with Crippen molar-refractivity contribution in [3.63, 3.8) is 0 Å². The topological polar surface area (TPSA) is 19.4 Å². The summed E-state index contributed by atoms with van der Waals surface area (Å²) in [4.78, 5) is 12.4. The summed E-state index contributed by atoms with van der Waals surface area (Å²) in [5.41, 5.74) is 2.27. The summed E-state index contributed by atoms with van der Waals surface area (Å²) in [5, 5.41) is 1.97. The molecule has 138 valence electrons. The van der Waals surface area contributed by atoms with E-state index < -0.39 is 0 Å². The first-order chi connectivity index (χ1) is 13.3. The van der Waals surface area contributed by atoms with Crippen molar-refractivity contribution in [3.05, 3.63) is 53.6 Å². The van der Waals surface area contributed by atoms with Gasteiger partial charge in [-0.05, 0) is 56.3 Å². The number of aromatic nitrogens is 1. The molecule has 1 saturated heterocycles. The standard InChI is InChI=1S/C22H22ClN3S/c23-17-8-9-19-20(15-17)27-21-14-16-6-2-3-7-18(16)24-22(21)26(19)13-12-25-10-4-1-5-11-25/h2-3,6-9,14-15H,1,4-5,10-13H2. The maximum absolute atomic E-state index is 6.29. The lowest BCUT2D eigenvalue weighted by Gasteiger charge is -2.34. The van der Waals surface area contributed by atoms with Crippen LogP contribution in [0.5, 0.6) is 0 Å². The Morgan fingerprint density at radius 2 is 1.78 bits per heavy atom. The zero-order valence-electron chi connectivity index (χ0n) is 15.2. The Hall–Kier alpha value is -1.75. The molecule has 2 aromatic carbocycles. The zero-order chi connectivity index (χ0) is 18.2. The number of rotatable bonds is 3. The summed E-state index contributed by atoms with van der Waals surface area (Å²) in [6.07, 6.45) is 4.01. The number of hydrogen-bond acceptors (Lipinski definition) is 4. The fourth-order valence-corrected chi connectivity index (χ4v) is 5.41. The molecular weight excluding hydrogens is 374 g/mol. The molecule has 0 unspecified atom stereocenters. The molecule has 2 aliphatic rings. The smallest absolute Gasteiger partial charge is 0.147 e. The van der Waals surface area contributed by atoms with Gasteiger partial charge >= 0.3 is 0 Å². The molecule has 5 rings (SSSR count). The van der Waals surface area contributed by atoms with Gasteiger partial charge in [0.05, 0.1) is 16.1 Å². The fraction of sp³-hybridized carbons (Fsp3) is 0.318. The first-order valence-corrected chi connectivity index (χ1v) is 10.8. The molecule has 0 bridgehead atoms. The van der Waals surface area contributed by atoms with E-state index in [9.17, 15) is 0 Å². The van der Waals surface area contributed by atoms with E-state index in [-0.39, 0.29) is 0 Å². The average Bonchev–Trinajstić information content (AvgIpc) is 2.70. The number of pyridine rings is 1. The largest absolute Gasteiger partial charge is 0.323 e. The number of fused-ring (bicyclic) bond motifs is 3. The Morgan fingerprint density at radius 3 is 2.67 bits per heavy atom. The maximum atomic E-state index is 6.29. The summed E-state index contributed by atoms with van der Waals surface area (Å²) in [6, 6.07) is 16.8. The second-order valence-electron chi connectivity index (χ2n) is 7.27. The number of anilines is 2. The molecule has 0 atom stereocenters. The number of benzene rings is 2. The van der Waals surface area contributed by atoms with Gasteiger partial charge in [-0.3, -0.25) is 0 Å². The Labute approximate surface area is 169 Å². The molecule has 3 nitrogen and oxygen atoms in total. The molecule has 0 saturated carbocycles. The van der Waals surface area contributed by atoms with Crippen molar-refractivity contribution in [2.75, 3.05) is 31.1 Å². The molecule has 27 heavy (non-hydrogen) atoms. The van der Waals surface area contributed by atoms with Gasteiger partial charge in [-0.1, -0.05) is 48.0 Å². The second kappa shape index (κ2) is 7.34. The lowest BCUT2D eigenvalue weighted by atomic mass is 10.1. The van der Waals surface area contributed by atoms with Crippen LogP contribution in [0.25, 0.3) is 10.9 Å². The Balaban J connectivity index is 1.54. The van der Waals surface area contributed by atoms with E-state index in [0.29, 0.717) is 0 Å². The number of likely N-dealkylation sites (tertiary alicyclic amines) is 1. The van der Waals surface area contributed by atoms with Gasteiger partial charge in [0.1, 0.15) is 5.82 Å². The molecule has 0 amide bonds. The molecule has 1 aromatic heterocycles. The van der Waals surface area contributed by atoms with Gasteiger partial charge in [0.25, 0.3) is 0 Å². The highest BCUT2D eigenvalue weighted by molar-refractivity contribution is 7.99. The van der Waals surface area contributed by atoms with Gasteiger partial charge in [0.15, 0.2) is 0 Å². The Morgan fingerprint density at radius 1 is 0.926 bits per heavy atom. The van der Waals surface area contributed by atoms with Gasteiger partial charge in [-0.15, -0.1) is 0 Å².